The highest BCUT2D eigenvalue weighted by atomic mass is 32.2. The van der Waals surface area contributed by atoms with Crippen molar-refractivity contribution in [3.63, 3.8) is 0 Å². The molecular formula is C16H19FN2OS. The van der Waals surface area contributed by atoms with E-state index in [0.717, 1.165) is 19.3 Å². The Balaban J connectivity index is 1.99. The van der Waals surface area contributed by atoms with Crippen LogP contribution in [0.15, 0.2) is 29.2 Å². The third kappa shape index (κ3) is 3.98. The van der Waals surface area contributed by atoms with Gasteiger partial charge in [-0.3, -0.25) is 4.79 Å². The molecule has 0 unspecified atom stereocenters. The van der Waals surface area contributed by atoms with Gasteiger partial charge in [0.05, 0.1) is 11.3 Å². The summed E-state index contributed by atoms with van der Waals surface area (Å²) < 4.78 is 13.6. The largest absolute Gasteiger partial charge is 0.337 e. The van der Waals surface area contributed by atoms with Gasteiger partial charge in [0.15, 0.2) is 0 Å². The van der Waals surface area contributed by atoms with Gasteiger partial charge >= 0.3 is 0 Å². The molecule has 1 aliphatic carbocycles. The van der Waals surface area contributed by atoms with Gasteiger partial charge < -0.3 is 5.32 Å². The molecule has 2 rings (SSSR count). The van der Waals surface area contributed by atoms with Crippen molar-refractivity contribution in [3.8, 4) is 6.07 Å². The molecule has 0 bridgehead atoms. The van der Waals surface area contributed by atoms with Gasteiger partial charge in [-0.15, -0.1) is 11.8 Å². The Bertz CT molecular complexity index is 549. The van der Waals surface area contributed by atoms with Crippen LogP contribution in [0, 0.1) is 17.1 Å². The number of nitriles is 1. The summed E-state index contributed by atoms with van der Waals surface area (Å²) >= 11 is 1.18. The van der Waals surface area contributed by atoms with Gasteiger partial charge in [0.25, 0.3) is 0 Å². The molecule has 1 saturated carbocycles. The molecule has 0 aromatic heterocycles. The van der Waals surface area contributed by atoms with Crippen LogP contribution in [0.4, 0.5) is 4.39 Å². The lowest BCUT2D eigenvalue weighted by Crippen LogP contribution is -2.50. The van der Waals surface area contributed by atoms with Crippen LogP contribution in [0.1, 0.15) is 39.0 Å². The zero-order valence-corrected chi connectivity index (χ0v) is 12.9. The van der Waals surface area contributed by atoms with E-state index in [-0.39, 0.29) is 11.7 Å². The summed E-state index contributed by atoms with van der Waals surface area (Å²) in [6.45, 7) is 1.74. The van der Waals surface area contributed by atoms with Crippen LogP contribution < -0.4 is 5.32 Å². The smallest absolute Gasteiger partial charge is 0.234 e. The number of hydrogen-bond acceptors (Lipinski definition) is 3. The number of carbonyl (C=O) groups excluding carboxylic acids is 1. The summed E-state index contributed by atoms with van der Waals surface area (Å²) in [4.78, 5) is 12.7. The number of carbonyl (C=O) groups is 1. The van der Waals surface area contributed by atoms with Gasteiger partial charge in [0.2, 0.25) is 5.91 Å². The second-order valence-electron chi connectivity index (χ2n) is 5.43. The Morgan fingerprint density at radius 3 is 2.67 bits per heavy atom. The molecule has 0 aliphatic heterocycles. The summed E-state index contributed by atoms with van der Waals surface area (Å²) in [6.07, 6.45) is 4.43. The molecule has 5 heteroatoms. The SMILES string of the molecule is C[C@H](Sc1ccccc1F)C(=O)NC1(C#N)CCCCC1. The van der Waals surface area contributed by atoms with Crippen molar-refractivity contribution >= 4 is 17.7 Å². The Morgan fingerprint density at radius 2 is 2.05 bits per heavy atom. The molecule has 0 saturated heterocycles. The third-order valence-electron chi connectivity index (χ3n) is 3.79. The predicted octanol–water partition coefficient (Wildman–Crippen LogP) is 3.65. The Labute approximate surface area is 128 Å². The fraction of sp³-hybridized carbons (Fsp3) is 0.500. The fourth-order valence-electron chi connectivity index (χ4n) is 2.54. The van der Waals surface area contributed by atoms with Crippen molar-refractivity contribution in [1.29, 1.82) is 5.26 Å². The van der Waals surface area contributed by atoms with E-state index >= 15 is 0 Å². The van der Waals surface area contributed by atoms with Crippen LogP contribution in [0.2, 0.25) is 0 Å². The van der Waals surface area contributed by atoms with Gasteiger partial charge in [-0.1, -0.05) is 31.4 Å². The van der Waals surface area contributed by atoms with Crippen LogP contribution in [-0.2, 0) is 4.79 Å². The second-order valence-corrected chi connectivity index (χ2v) is 6.82. The quantitative estimate of drug-likeness (QED) is 0.864. The molecule has 0 heterocycles. The number of thioether (sulfide) groups is 1. The van der Waals surface area contributed by atoms with E-state index in [2.05, 4.69) is 11.4 Å². The minimum absolute atomic E-state index is 0.202. The van der Waals surface area contributed by atoms with Crippen molar-refractivity contribution in [2.24, 2.45) is 0 Å². The van der Waals surface area contributed by atoms with E-state index in [1.54, 1.807) is 25.1 Å². The highest BCUT2D eigenvalue weighted by Crippen LogP contribution is 2.30. The van der Waals surface area contributed by atoms with Crippen molar-refractivity contribution in [3.05, 3.63) is 30.1 Å². The summed E-state index contributed by atoms with van der Waals surface area (Å²) in [5.41, 5.74) is -0.737. The molecule has 1 aromatic carbocycles. The number of halogens is 1. The normalized spacial score (nSPS) is 18.5. The minimum atomic E-state index is -0.737. The summed E-state index contributed by atoms with van der Waals surface area (Å²) in [5, 5.41) is 11.8. The van der Waals surface area contributed by atoms with Gasteiger partial charge in [-0.05, 0) is 31.9 Å². The zero-order valence-electron chi connectivity index (χ0n) is 12.1. The first-order valence-corrected chi connectivity index (χ1v) is 8.09. The fourth-order valence-corrected chi connectivity index (χ4v) is 3.43. The van der Waals surface area contributed by atoms with E-state index in [1.807, 2.05) is 0 Å². The molecule has 21 heavy (non-hydrogen) atoms. The van der Waals surface area contributed by atoms with Crippen LogP contribution >= 0.6 is 11.8 Å². The number of benzene rings is 1. The third-order valence-corrected chi connectivity index (χ3v) is 4.95. The molecular weight excluding hydrogens is 287 g/mol. The first-order valence-electron chi connectivity index (χ1n) is 7.21. The lowest BCUT2D eigenvalue weighted by atomic mass is 9.83. The van der Waals surface area contributed by atoms with Crippen LogP contribution in [0.25, 0.3) is 0 Å². The number of nitrogens with one attached hydrogen (secondary N) is 1. The van der Waals surface area contributed by atoms with Crippen LogP contribution in [0.5, 0.6) is 0 Å². The van der Waals surface area contributed by atoms with Crippen molar-refractivity contribution in [2.45, 2.75) is 54.7 Å². The molecule has 1 fully saturated rings. The summed E-state index contributed by atoms with van der Waals surface area (Å²) in [6, 6.07) is 8.67. The van der Waals surface area contributed by atoms with Gasteiger partial charge in [-0.2, -0.15) is 5.26 Å². The van der Waals surface area contributed by atoms with Crippen molar-refractivity contribution in [2.75, 3.05) is 0 Å². The average molecular weight is 306 g/mol. The summed E-state index contributed by atoms with van der Waals surface area (Å²) in [5.74, 6) is -0.526. The molecule has 1 aromatic rings. The topological polar surface area (TPSA) is 52.9 Å². The molecule has 0 radical (unpaired) electrons. The van der Waals surface area contributed by atoms with E-state index in [9.17, 15) is 14.4 Å². The number of nitrogens with zero attached hydrogens (tertiary/aromatic N) is 1. The molecule has 1 atom stereocenters. The lowest BCUT2D eigenvalue weighted by molar-refractivity contribution is -0.121. The van der Waals surface area contributed by atoms with E-state index < -0.39 is 10.8 Å². The lowest BCUT2D eigenvalue weighted by Gasteiger charge is -2.32. The maximum absolute atomic E-state index is 13.6. The molecule has 112 valence electrons. The monoisotopic (exact) mass is 306 g/mol. The van der Waals surface area contributed by atoms with Gasteiger partial charge in [0.1, 0.15) is 11.4 Å². The van der Waals surface area contributed by atoms with E-state index in [4.69, 9.17) is 0 Å². The van der Waals surface area contributed by atoms with Crippen molar-refractivity contribution in [1.82, 2.24) is 5.32 Å². The van der Waals surface area contributed by atoms with Gasteiger partial charge in [-0.25, -0.2) is 4.39 Å². The maximum atomic E-state index is 13.6. The highest BCUT2D eigenvalue weighted by molar-refractivity contribution is 8.00. The molecule has 1 N–H and O–H groups in total. The number of amides is 1. The van der Waals surface area contributed by atoms with Gasteiger partial charge in [0, 0.05) is 4.90 Å². The zero-order chi connectivity index (χ0) is 15.3. The molecule has 1 amide bonds. The highest BCUT2D eigenvalue weighted by Gasteiger charge is 2.34. The van der Waals surface area contributed by atoms with Crippen molar-refractivity contribution < 1.29 is 9.18 Å². The van der Waals surface area contributed by atoms with E-state index in [1.165, 1.54) is 17.8 Å². The van der Waals surface area contributed by atoms with Crippen LogP contribution in [-0.4, -0.2) is 16.7 Å². The Morgan fingerprint density at radius 1 is 1.38 bits per heavy atom. The molecule has 1 aliphatic rings. The Hall–Kier alpha value is -1.54. The summed E-state index contributed by atoms with van der Waals surface area (Å²) in [7, 11) is 0. The average Bonchev–Trinajstić information content (AvgIpc) is 2.50. The molecule has 0 spiro atoms. The first kappa shape index (κ1) is 15.8. The van der Waals surface area contributed by atoms with Crippen LogP contribution in [0.3, 0.4) is 0 Å². The second kappa shape index (κ2) is 6.95. The number of rotatable bonds is 4. The standard InChI is InChI=1S/C16H19FN2OS/c1-12(21-14-8-4-3-7-13(14)17)15(20)19-16(11-18)9-5-2-6-10-16/h3-4,7-8,12H,2,5-6,9-10H2,1H3,(H,19,20)/t12-/m0/s1. The number of hydrogen-bond donors (Lipinski definition) is 1. The Kier molecular flexibility index (Phi) is 5.24. The maximum Gasteiger partial charge on any atom is 0.234 e. The molecule has 3 nitrogen and oxygen atoms in total. The first-order chi connectivity index (χ1) is 10.1. The predicted molar refractivity (Wildman–Crippen MR) is 81.3 cm³/mol. The minimum Gasteiger partial charge on any atom is -0.337 e. The van der Waals surface area contributed by atoms with E-state index in [0.29, 0.717) is 17.7 Å².